The van der Waals surface area contributed by atoms with E-state index in [0.717, 1.165) is 11.4 Å². The molecule has 0 amide bonds. The molecule has 0 spiro atoms. The highest BCUT2D eigenvalue weighted by atomic mass is 15.1. The van der Waals surface area contributed by atoms with Gasteiger partial charge in [0, 0.05) is 22.2 Å². The van der Waals surface area contributed by atoms with Gasteiger partial charge in [-0.05, 0) is 130 Å². The first-order valence-corrected chi connectivity index (χ1v) is 26.8. The maximum absolute atomic E-state index is 2.60. The molecule has 0 atom stereocenters. The minimum Gasteiger partial charge on any atom is -0.309 e. The molecule has 0 aliphatic heterocycles. The summed E-state index contributed by atoms with van der Waals surface area (Å²) in [6, 6.07) is 107. The third-order valence-corrected chi connectivity index (χ3v) is 17.4. The Bertz CT molecular complexity index is 4150. The molecule has 0 saturated carbocycles. The van der Waals surface area contributed by atoms with Crippen molar-refractivity contribution >= 4 is 27.8 Å². The molecule has 1 nitrogen and oxygen atoms in total. The summed E-state index contributed by atoms with van der Waals surface area (Å²) in [4.78, 5) is 2.60. The first-order chi connectivity index (χ1) is 37.5. The third-order valence-electron chi connectivity index (χ3n) is 17.4. The third kappa shape index (κ3) is 6.09. The molecule has 0 saturated heterocycles. The van der Waals surface area contributed by atoms with Gasteiger partial charge in [-0.25, -0.2) is 0 Å². The fraction of sp³-hybridized carbons (Fsp3) is 0.0667. The molecule has 0 N–H and O–H groups in total. The monoisotopic (exact) mass is 967 g/mol. The maximum atomic E-state index is 2.60. The topological polar surface area (TPSA) is 3.24 Å². The van der Waals surface area contributed by atoms with Crippen LogP contribution >= 0.6 is 0 Å². The van der Waals surface area contributed by atoms with Crippen molar-refractivity contribution in [3.05, 3.63) is 341 Å². The van der Waals surface area contributed by atoms with Crippen molar-refractivity contribution in [1.82, 2.24) is 0 Å². The molecular weight excluding hydrogens is 915 g/mol. The Morgan fingerprint density at radius 3 is 1.34 bits per heavy atom. The average molecular weight is 968 g/mol. The van der Waals surface area contributed by atoms with Crippen molar-refractivity contribution in [3.8, 4) is 44.5 Å². The number of fused-ring (bicyclic) bond motifs is 11. The minimum atomic E-state index is -0.554. The zero-order valence-electron chi connectivity index (χ0n) is 42.6. The van der Waals surface area contributed by atoms with E-state index in [4.69, 9.17) is 0 Å². The van der Waals surface area contributed by atoms with Crippen molar-refractivity contribution < 1.29 is 0 Å². The van der Waals surface area contributed by atoms with Crippen LogP contribution in [0.2, 0.25) is 0 Å². The van der Waals surface area contributed by atoms with Gasteiger partial charge in [-0.1, -0.05) is 269 Å². The van der Waals surface area contributed by atoms with Gasteiger partial charge in [0.05, 0.1) is 22.2 Å². The average Bonchev–Trinajstić information content (AvgIpc) is 4.18. The van der Waals surface area contributed by atoms with Crippen LogP contribution in [0, 0.1) is 0 Å². The molecule has 0 fully saturated rings. The summed E-state index contributed by atoms with van der Waals surface area (Å²) in [5, 5.41) is 2.53. The Hall–Kier alpha value is -9.30. The van der Waals surface area contributed by atoms with E-state index in [0.29, 0.717) is 0 Å². The van der Waals surface area contributed by atoms with Crippen molar-refractivity contribution in [2.75, 3.05) is 4.90 Å². The lowest BCUT2D eigenvalue weighted by Crippen LogP contribution is -2.28. The van der Waals surface area contributed by atoms with Crippen molar-refractivity contribution in [2.45, 2.75) is 30.1 Å². The Labute approximate surface area is 445 Å². The lowest BCUT2D eigenvalue weighted by atomic mass is 9.67. The molecule has 358 valence electrons. The van der Waals surface area contributed by atoms with E-state index in [-0.39, 0.29) is 5.41 Å². The van der Waals surface area contributed by atoms with E-state index < -0.39 is 10.8 Å². The normalized spacial score (nSPS) is 14.5. The van der Waals surface area contributed by atoms with Crippen LogP contribution in [0.5, 0.6) is 0 Å². The Morgan fingerprint density at radius 1 is 0.289 bits per heavy atom. The summed E-state index contributed by atoms with van der Waals surface area (Å²) >= 11 is 0. The second-order valence-corrected chi connectivity index (χ2v) is 21.4. The van der Waals surface area contributed by atoms with Crippen LogP contribution < -0.4 is 4.90 Å². The summed E-state index contributed by atoms with van der Waals surface area (Å²) in [7, 11) is 0. The SMILES string of the molecule is CC1(C)c2ccccc2-c2c(N(c3ccc(-c4ccc5c(c4)C(c4ccccc4)(c4ccccc4)c4ccccc4-5)cc3)c3cccc4c3-c3ccccc3C4(c3ccccc3)c3ccccc3)cc3ccccc3c21. The second kappa shape index (κ2) is 16.9. The Kier molecular flexibility index (Phi) is 9.81. The van der Waals surface area contributed by atoms with Crippen LogP contribution in [-0.2, 0) is 16.2 Å². The standard InChI is InChI=1S/C75H53N/c1-73(2)63-37-20-18-35-61(63)71-69(49-52-24-15-16-33-58(52)72(71)73)76(68-41-23-40-66-70(68)62-36-19-22-39-65(62)74(66,53-25-7-3-8-26-53)54-27-9-4-10-28-54)57-45-42-50(43-46-57)51-44-47-60-59-34-17-21-38-64(59)75(67(60)48-51,55-29-11-5-12-30-55)56-31-13-6-14-32-56/h3-49H,1-2H3. The predicted molar refractivity (Wildman–Crippen MR) is 316 cm³/mol. The van der Waals surface area contributed by atoms with Gasteiger partial charge in [-0.2, -0.15) is 0 Å². The van der Waals surface area contributed by atoms with Gasteiger partial charge in [0.25, 0.3) is 0 Å². The predicted octanol–water partition coefficient (Wildman–Crippen LogP) is 19.0. The molecule has 76 heavy (non-hydrogen) atoms. The molecule has 0 aromatic heterocycles. The molecule has 0 heterocycles. The quantitative estimate of drug-likeness (QED) is 0.147. The van der Waals surface area contributed by atoms with Crippen molar-refractivity contribution in [3.63, 3.8) is 0 Å². The summed E-state index contributed by atoms with van der Waals surface area (Å²) in [5.74, 6) is 0. The van der Waals surface area contributed by atoms with E-state index in [1.54, 1.807) is 0 Å². The van der Waals surface area contributed by atoms with E-state index in [1.165, 1.54) is 117 Å². The molecule has 12 aromatic carbocycles. The van der Waals surface area contributed by atoms with E-state index in [9.17, 15) is 0 Å². The number of nitrogens with zero attached hydrogens (tertiary/aromatic N) is 1. The van der Waals surface area contributed by atoms with Crippen molar-refractivity contribution in [2.24, 2.45) is 0 Å². The zero-order chi connectivity index (χ0) is 50.6. The molecular formula is C75H53N. The van der Waals surface area contributed by atoms with Gasteiger partial charge >= 0.3 is 0 Å². The van der Waals surface area contributed by atoms with Crippen molar-refractivity contribution in [1.29, 1.82) is 0 Å². The highest BCUT2D eigenvalue weighted by molar-refractivity contribution is 6.08. The minimum absolute atomic E-state index is 0.236. The van der Waals surface area contributed by atoms with E-state index in [2.05, 4.69) is 304 Å². The van der Waals surface area contributed by atoms with Crippen LogP contribution in [0.25, 0.3) is 55.3 Å². The van der Waals surface area contributed by atoms with Crippen LogP contribution in [0.4, 0.5) is 17.1 Å². The number of benzene rings is 12. The summed E-state index contributed by atoms with van der Waals surface area (Å²) < 4.78 is 0. The molecule has 3 aliphatic carbocycles. The first kappa shape index (κ1) is 44.2. The number of rotatable bonds is 8. The molecule has 0 unspecified atom stereocenters. The number of hydrogen-bond acceptors (Lipinski definition) is 1. The molecule has 1 heteroatoms. The number of hydrogen-bond donors (Lipinski definition) is 0. The molecule has 15 rings (SSSR count). The van der Waals surface area contributed by atoms with Gasteiger partial charge < -0.3 is 4.90 Å². The van der Waals surface area contributed by atoms with Gasteiger partial charge in [0.2, 0.25) is 0 Å². The zero-order valence-corrected chi connectivity index (χ0v) is 42.6. The number of anilines is 3. The summed E-state index contributed by atoms with van der Waals surface area (Å²) in [6.45, 7) is 4.83. The largest absolute Gasteiger partial charge is 0.309 e. The van der Waals surface area contributed by atoms with Gasteiger partial charge in [0.1, 0.15) is 0 Å². The lowest BCUT2D eigenvalue weighted by molar-refractivity contribution is 0.666. The Morgan fingerprint density at radius 2 is 0.737 bits per heavy atom. The van der Waals surface area contributed by atoms with Gasteiger partial charge in [-0.15, -0.1) is 0 Å². The van der Waals surface area contributed by atoms with Crippen LogP contribution in [-0.4, -0.2) is 0 Å². The Balaban J connectivity index is 0.984. The van der Waals surface area contributed by atoms with Crippen LogP contribution in [0.3, 0.4) is 0 Å². The van der Waals surface area contributed by atoms with Crippen LogP contribution in [0.15, 0.2) is 285 Å². The molecule has 3 aliphatic rings. The van der Waals surface area contributed by atoms with E-state index >= 15 is 0 Å². The maximum Gasteiger partial charge on any atom is 0.0714 e. The van der Waals surface area contributed by atoms with Gasteiger partial charge in [0.15, 0.2) is 0 Å². The second-order valence-electron chi connectivity index (χ2n) is 21.4. The lowest BCUT2D eigenvalue weighted by Gasteiger charge is -2.35. The smallest absolute Gasteiger partial charge is 0.0714 e. The van der Waals surface area contributed by atoms with E-state index in [1.807, 2.05) is 0 Å². The van der Waals surface area contributed by atoms with Crippen LogP contribution in [0.1, 0.15) is 69.5 Å². The van der Waals surface area contributed by atoms with Gasteiger partial charge in [-0.3, -0.25) is 0 Å². The summed E-state index contributed by atoms with van der Waals surface area (Å²) in [6.07, 6.45) is 0. The first-order valence-electron chi connectivity index (χ1n) is 26.8. The summed E-state index contributed by atoms with van der Waals surface area (Å²) in [5.41, 5.74) is 25.1. The highest BCUT2D eigenvalue weighted by Gasteiger charge is 2.49. The molecule has 0 bridgehead atoms. The highest BCUT2D eigenvalue weighted by Crippen LogP contribution is 2.63. The fourth-order valence-electron chi connectivity index (χ4n) is 14.3. The molecule has 0 radical (unpaired) electrons. The fourth-order valence-corrected chi connectivity index (χ4v) is 14.3. The molecule has 12 aromatic rings.